The van der Waals surface area contributed by atoms with Crippen LogP contribution in [0.15, 0.2) is 0 Å². The Kier molecular flexibility index (Phi) is 3.33. The summed E-state index contributed by atoms with van der Waals surface area (Å²) in [6.45, 7) is 13.4. The molecular formula is C15H28O2. The molecule has 0 radical (unpaired) electrons. The van der Waals surface area contributed by atoms with Gasteiger partial charge in [0.15, 0.2) is 5.79 Å². The van der Waals surface area contributed by atoms with Crippen LogP contribution in [0, 0.1) is 16.7 Å². The summed E-state index contributed by atoms with van der Waals surface area (Å²) in [4.78, 5) is 0. The van der Waals surface area contributed by atoms with Crippen LogP contribution in [0.1, 0.15) is 60.3 Å². The van der Waals surface area contributed by atoms with Crippen LogP contribution in [0.4, 0.5) is 0 Å². The number of ether oxygens (including phenoxy) is 2. The molecular weight excluding hydrogens is 212 g/mol. The van der Waals surface area contributed by atoms with E-state index in [1.54, 1.807) is 0 Å². The van der Waals surface area contributed by atoms with E-state index in [0.29, 0.717) is 10.8 Å². The number of rotatable bonds is 2. The molecule has 1 unspecified atom stereocenters. The van der Waals surface area contributed by atoms with Gasteiger partial charge in [-0.15, -0.1) is 0 Å². The zero-order chi connectivity index (χ0) is 12.7. The first-order valence-electron chi connectivity index (χ1n) is 7.00. The molecule has 1 aliphatic carbocycles. The second-order valence-corrected chi connectivity index (χ2v) is 7.77. The molecule has 2 fully saturated rings. The van der Waals surface area contributed by atoms with Gasteiger partial charge in [0.05, 0.1) is 13.2 Å². The topological polar surface area (TPSA) is 18.5 Å². The quantitative estimate of drug-likeness (QED) is 0.726. The first kappa shape index (κ1) is 13.4. The van der Waals surface area contributed by atoms with Gasteiger partial charge in [-0.05, 0) is 29.6 Å². The maximum absolute atomic E-state index is 5.83. The summed E-state index contributed by atoms with van der Waals surface area (Å²) in [6.07, 6.45) is 4.70. The highest BCUT2D eigenvalue weighted by Crippen LogP contribution is 2.51. The summed E-state index contributed by atoms with van der Waals surface area (Å²) in [6, 6.07) is 0. The fourth-order valence-corrected chi connectivity index (χ4v) is 3.91. The molecule has 1 saturated carbocycles. The van der Waals surface area contributed by atoms with Gasteiger partial charge in [0.25, 0.3) is 0 Å². The zero-order valence-corrected chi connectivity index (χ0v) is 12.1. The highest BCUT2D eigenvalue weighted by Gasteiger charge is 2.48. The normalized spacial score (nSPS) is 29.1. The van der Waals surface area contributed by atoms with Crippen LogP contribution in [-0.2, 0) is 9.47 Å². The molecule has 0 aromatic carbocycles. The summed E-state index contributed by atoms with van der Waals surface area (Å²) < 4.78 is 11.7. The van der Waals surface area contributed by atoms with E-state index in [-0.39, 0.29) is 5.79 Å². The molecule has 2 nitrogen and oxygen atoms in total. The average Bonchev–Trinajstić information content (AvgIpc) is 2.73. The molecule has 0 N–H and O–H groups in total. The first-order chi connectivity index (χ1) is 7.73. The molecule has 2 aliphatic rings. The summed E-state index contributed by atoms with van der Waals surface area (Å²) in [5, 5.41) is 0. The van der Waals surface area contributed by atoms with Crippen LogP contribution in [0.5, 0.6) is 0 Å². The summed E-state index contributed by atoms with van der Waals surface area (Å²) >= 11 is 0. The van der Waals surface area contributed by atoms with Crippen LogP contribution in [0.3, 0.4) is 0 Å². The lowest BCUT2D eigenvalue weighted by Gasteiger charge is -2.38. The minimum atomic E-state index is -0.209. The average molecular weight is 240 g/mol. The van der Waals surface area contributed by atoms with Crippen LogP contribution >= 0.6 is 0 Å². The Labute approximate surface area is 106 Å². The molecule has 0 aromatic heterocycles. The fraction of sp³-hybridized carbons (Fsp3) is 1.00. The molecule has 1 aliphatic heterocycles. The monoisotopic (exact) mass is 240 g/mol. The van der Waals surface area contributed by atoms with Crippen molar-refractivity contribution in [2.24, 2.45) is 16.7 Å². The molecule has 0 aromatic rings. The molecule has 17 heavy (non-hydrogen) atoms. The Morgan fingerprint density at radius 2 is 1.65 bits per heavy atom. The predicted octanol–water partition coefficient (Wildman–Crippen LogP) is 3.99. The number of hydrogen-bond donors (Lipinski definition) is 0. The maximum atomic E-state index is 5.83. The first-order valence-corrected chi connectivity index (χ1v) is 7.00. The van der Waals surface area contributed by atoms with Crippen LogP contribution in [0.25, 0.3) is 0 Å². The SMILES string of the molecule is CC(C)(C)CC(C)(C)C1CCC2(C1)OCCO2. The Balaban J connectivity index is 1.99. The lowest BCUT2D eigenvalue weighted by atomic mass is 9.68. The second-order valence-electron chi connectivity index (χ2n) is 7.77. The molecule has 1 atom stereocenters. The molecule has 2 rings (SSSR count). The van der Waals surface area contributed by atoms with Gasteiger partial charge >= 0.3 is 0 Å². The van der Waals surface area contributed by atoms with E-state index in [0.717, 1.165) is 32.0 Å². The standard InChI is InChI=1S/C15H28O2/c1-13(2,3)11-14(4,5)12-6-7-15(10-12)16-8-9-17-15/h12H,6-11H2,1-5H3. The predicted molar refractivity (Wildman–Crippen MR) is 69.8 cm³/mol. The van der Waals surface area contributed by atoms with Crippen LogP contribution in [0.2, 0.25) is 0 Å². The Hall–Kier alpha value is -0.0800. The molecule has 1 heterocycles. The Morgan fingerprint density at radius 1 is 1.06 bits per heavy atom. The van der Waals surface area contributed by atoms with Crippen molar-refractivity contribution < 1.29 is 9.47 Å². The lowest BCUT2D eigenvalue weighted by molar-refractivity contribution is -0.155. The van der Waals surface area contributed by atoms with Gasteiger partial charge in [0.1, 0.15) is 0 Å². The lowest BCUT2D eigenvalue weighted by Crippen LogP contribution is -2.31. The zero-order valence-electron chi connectivity index (χ0n) is 12.1. The van der Waals surface area contributed by atoms with Crippen molar-refractivity contribution >= 4 is 0 Å². The second kappa shape index (κ2) is 4.24. The van der Waals surface area contributed by atoms with Crippen molar-refractivity contribution in [3.8, 4) is 0 Å². The molecule has 1 spiro atoms. The van der Waals surface area contributed by atoms with Gasteiger partial charge in [0, 0.05) is 12.8 Å². The summed E-state index contributed by atoms with van der Waals surface area (Å²) in [7, 11) is 0. The highest BCUT2D eigenvalue weighted by molar-refractivity contribution is 4.93. The van der Waals surface area contributed by atoms with E-state index in [2.05, 4.69) is 34.6 Å². The molecule has 100 valence electrons. The van der Waals surface area contributed by atoms with Gasteiger partial charge in [0.2, 0.25) is 0 Å². The fourth-order valence-electron chi connectivity index (χ4n) is 3.91. The molecule has 0 bridgehead atoms. The smallest absolute Gasteiger partial charge is 0.168 e. The third-order valence-corrected chi connectivity index (χ3v) is 4.34. The maximum Gasteiger partial charge on any atom is 0.168 e. The van der Waals surface area contributed by atoms with Gasteiger partial charge in [-0.2, -0.15) is 0 Å². The number of hydrogen-bond acceptors (Lipinski definition) is 2. The van der Waals surface area contributed by atoms with Crippen molar-refractivity contribution in [3.63, 3.8) is 0 Å². The third kappa shape index (κ3) is 3.03. The van der Waals surface area contributed by atoms with E-state index in [4.69, 9.17) is 9.47 Å². The Morgan fingerprint density at radius 3 is 2.18 bits per heavy atom. The molecule has 2 heteroatoms. The van der Waals surface area contributed by atoms with Crippen LogP contribution < -0.4 is 0 Å². The van der Waals surface area contributed by atoms with Gasteiger partial charge in [-0.1, -0.05) is 34.6 Å². The molecule has 0 amide bonds. The van der Waals surface area contributed by atoms with E-state index in [1.807, 2.05) is 0 Å². The van der Waals surface area contributed by atoms with Gasteiger partial charge < -0.3 is 9.47 Å². The minimum absolute atomic E-state index is 0.209. The van der Waals surface area contributed by atoms with Crippen molar-refractivity contribution in [2.45, 2.75) is 66.1 Å². The summed E-state index contributed by atoms with van der Waals surface area (Å²) in [5.41, 5.74) is 0.785. The summed E-state index contributed by atoms with van der Waals surface area (Å²) in [5.74, 6) is 0.527. The van der Waals surface area contributed by atoms with Crippen LogP contribution in [-0.4, -0.2) is 19.0 Å². The Bertz CT molecular complexity index is 269. The van der Waals surface area contributed by atoms with E-state index >= 15 is 0 Å². The van der Waals surface area contributed by atoms with Crippen molar-refractivity contribution in [2.75, 3.05) is 13.2 Å². The van der Waals surface area contributed by atoms with Crippen molar-refractivity contribution in [1.29, 1.82) is 0 Å². The van der Waals surface area contributed by atoms with Gasteiger partial charge in [-0.25, -0.2) is 0 Å². The van der Waals surface area contributed by atoms with Crippen molar-refractivity contribution in [3.05, 3.63) is 0 Å². The highest BCUT2D eigenvalue weighted by atomic mass is 16.7. The van der Waals surface area contributed by atoms with Crippen molar-refractivity contribution in [1.82, 2.24) is 0 Å². The van der Waals surface area contributed by atoms with E-state index in [9.17, 15) is 0 Å². The van der Waals surface area contributed by atoms with E-state index in [1.165, 1.54) is 12.8 Å². The minimum Gasteiger partial charge on any atom is -0.348 e. The molecule has 1 saturated heterocycles. The van der Waals surface area contributed by atoms with Gasteiger partial charge in [-0.3, -0.25) is 0 Å². The largest absolute Gasteiger partial charge is 0.348 e. The van der Waals surface area contributed by atoms with E-state index < -0.39 is 0 Å². The third-order valence-electron chi connectivity index (χ3n) is 4.34.